The first-order chi connectivity index (χ1) is 17.5. The second kappa shape index (κ2) is 9.81. The summed E-state index contributed by atoms with van der Waals surface area (Å²) in [5.74, 6) is 2.23. The van der Waals surface area contributed by atoms with Crippen LogP contribution >= 0.6 is 34.5 Å². The third-order valence-corrected chi connectivity index (χ3v) is 9.15. The zero-order chi connectivity index (χ0) is 24.8. The van der Waals surface area contributed by atoms with E-state index >= 15 is 0 Å². The highest BCUT2D eigenvalue weighted by Gasteiger charge is 2.33. The molecule has 0 radical (unpaired) electrons. The van der Waals surface area contributed by atoms with Crippen molar-refractivity contribution < 1.29 is 9.32 Å². The fraction of sp³-hybridized carbons (Fsp3) is 0.393. The summed E-state index contributed by atoms with van der Waals surface area (Å²) in [5, 5.41) is 6.71. The lowest BCUT2D eigenvalue weighted by atomic mass is 9.89. The van der Waals surface area contributed by atoms with Crippen LogP contribution in [-0.2, 0) is 6.42 Å². The number of carbonyl (C=O) groups excluding carboxylic acids is 1. The van der Waals surface area contributed by atoms with Crippen LogP contribution in [0.1, 0.15) is 66.6 Å². The number of Topliss-reactive ketones (excluding diaryl/α,β-unsaturated/α-hetero) is 1. The normalized spacial score (nSPS) is 16.7. The van der Waals surface area contributed by atoms with Gasteiger partial charge in [-0.05, 0) is 81.7 Å². The van der Waals surface area contributed by atoms with Crippen LogP contribution in [0.3, 0.4) is 0 Å². The zero-order valence-corrected chi connectivity index (χ0v) is 22.4. The summed E-state index contributed by atoms with van der Waals surface area (Å²) in [6.07, 6.45) is 6.58. The number of hydrogen-bond donors (Lipinski definition) is 0. The summed E-state index contributed by atoms with van der Waals surface area (Å²) in [5.41, 5.74) is 4.48. The van der Waals surface area contributed by atoms with Crippen LogP contribution in [0.4, 0.5) is 5.13 Å². The molecule has 0 N–H and O–H groups in total. The van der Waals surface area contributed by atoms with E-state index < -0.39 is 0 Å². The number of aromatic nitrogens is 2. The van der Waals surface area contributed by atoms with Crippen LogP contribution < -0.4 is 4.90 Å². The van der Waals surface area contributed by atoms with Gasteiger partial charge < -0.3 is 9.42 Å². The predicted molar refractivity (Wildman–Crippen MR) is 147 cm³/mol. The Morgan fingerprint density at radius 1 is 1.11 bits per heavy atom. The van der Waals surface area contributed by atoms with Crippen molar-refractivity contribution >= 4 is 55.7 Å². The number of anilines is 1. The molecule has 1 saturated carbocycles. The Kier molecular flexibility index (Phi) is 6.53. The molecule has 2 aromatic carbocycles. The van der Waals surface area contributed by atoms with Crippen molar-refractivity contribution in [1.82, 2.24) is 10.1 Å². The number of hydrogen-bond acceptors (Lipinski definition) is 6. The molecular weight excluding hydrogens is 513 g/mol. The van der Waals surface area contributed by atoms with E-state index in [-0.39, 0.29) is 5.78 Å². The molecule has 0 bridgehead atoms. The topological polar surface area (TPSA) is 59.2 Å². The van der Waals surface area contributed by atoms with Crippen molar-refractivity contribution in [3.63, 3.8) is 0 Å². The summed E-state index contributed by atoms with van der Waals surface area (Å²) in [6, 6.07) is 11.4. The maximum absolute atomic E-state index is 11.7. The molecule has 36 heavy (non-hydrogen) atoms. The third-order valence-electron chi connectivity index (χ3n) is 7.44. The van der Waals surface area contributed by atoms with Crippen LogP contribution in [0.25, 0.3) is 21.5 Å². The molecule has 1 aliphatic carbocycles. The lowest BCUT2D eigenvalue weighted by Crippen LogP contribution is -2.33. The molecule has 2 fully saturated rings. The van der Waals surface area contributed by atoms with Crippen molar-refractivity contribution in [2.45, 2.75) is 51.4 Å². The highest BCUT2D eigenvalue weighted by Crippen LogP contribution is 2.46. The average Bonchev–Trinajstić information content (AvgIpc) is 3.49. The Morgan fingerprint density at radius 2 is 1.86 bits per heavy atom. The molecule has 0 amide bonds. The van der Waals surface area contributed by atoms with Gasteiger partial charge in [0.05, 0.1) is 20.3 Å². The Labute approximate surface area is 224 Å². The van der Waals surface area contributed by atoms with Crippen molar-refractivity contribution in [2.75, 3.05) is 18.0 Å². The number of halogens is 2. The van der Waals surface area contributed by atoms with Crippen LogP contribution in [-0.4, -0.2) is 29.0 Å². The van der Waals surface area contributed by atoms with Crippen molar-refractivity contribution in [2.24, 2.45) is 5.92 Å². The number of carbonyl (C=O) groups is 1. The minimum atomic E-state index is 0.0882. The molecular formula is C28H27Cl2N3O2S. The van der Waals surface area contributed by atoms with Crippen molar-refractivity contribution in [1.29, 1.82) is 0 Å². The van der Waals surface area contributed by atoms with Crippen LogP contribution in [0.15, 0.2) is 40.9 Å². The van der Waals surface area contributed by atoms with Gasteiger partial charge in [0.25, 0.3) is 0 Å². The average molecular weight is 541 g/mol. The van der Waals surface area contributed by atoms with Crippen LogP contribution in [0, 0.1) is 5.92 Å². The summed E-state index contributed by atoms with van der Waals surface area (Å²) in [4.78, 5) is 19.0. The van der Waals surface area contributed by atoms with Gasteiger partial charge >= 0.3 is 0 Å². The molecule has 6 rings (SSSR count). The minimum absolute atomic E-state index is 0.0882. The lowest BCUT2D eigenvalue weighted by molar-refractivity contribution is 0.101. The van der Waals surface area contributed by atoms with Gasteiger partial charge in [-0.3, -0.25) is 4.79 Å². The van der Waals surface area contributed by atoms with Gasteiger partial charge in [0, 0.05) is 35.7 Å². The molecule has 2 aliphatic rings. The number of ketones is 1. The van der Waals surface area contributed by atoms with E-state index in [1.807, 2.05) is 36.4 Å². The summed E-state index contributed by atoms with van der Waals surface area (Å²) >= 11 is 14.7. The van der Waals surface area contributed by atoms with Gasteiger partial charge in [-0.2, -0.15) is 0 Å². The molecule has 2 aromatic heterocycles. The molecule has 0 spiro atoms. The van der Waals surface area contributed by atoms with Crippen LogP contribution in [0.2, 0.25) is 10.0 Å². The van der Waals surface area contributed by atoms with Crippen LogP contribution in [0.5, 0.6) is 0 Å². The van der Waals surface area contributed by atoms with Crippen molar-refractivity contribution in [3.8, 4) is 11.3 Å². The molecule has 3 heterocycles. The predicted octanol–water partition coefficient (Wildman–Crippen LogP) is 8.19. The first-order valence-corrected chi connectivity index (χ1v) is 14.1. The number of thiazole rings is 1. The van der Waals surface area contributed by atoms with E-state index in [0.717, 1.165) is 89.5 Å². The quantitative estimate of drug-likeness (QED) is 0.221. The second-order valence-corrected chi connectivity index (χ2v) is 11.8. The second-order valence-electron chi connectivity index (χ2n) is 9.95. The van der Waals surface area contributed by atoms with Gasteiger partial charge in [0.2, 0.25) is 0 Å². The number of fused-ring (bicyclic) bond motifs is 1. The number of piperidine rings is 1. The fourth-order valence-corrected chi connectivity index (χ4v) is 6.81. The van der Waals surface area contributed by atoms with Gasteiger partial charge in [0.15, 0.2) is 10.9 Å². The third kappa shape index (κ3) is 4.67. The van der Waals surface area contributed by atoms with Crippen molar-refractivity contribution in [3.05, 3.63) is 63.3 Å². The highest BCUT2D eigenvalue weighted by atomic mass is 35.5. The van der Waals surface area contributed by atoms with Gasteiger partial charge in [-0.15, -0.1) is 0 Å². The first kappa shape index (κ1) is 24.0. The fourth-order valence-electron chi connectivity index (χ4n) is 5.18. The molecule has 8 heteroatoms. The SMILES string of the molecule is CC(=O)c1ccc2nc(N3CCC(CCc4c(-c5c(Cl)cccc5Cl)noc4C4CC4)CC3)sc2c1. The zero-order valence-electron chi connectivity index (χ0n) is 20.1. The Balaban J connectivity index is 1.14. The van der Waals surface area contributed by atoms with Gasteiger partial charge in [-0.25, -0.2) is 4.98 Å². The van der Waals surface area contributed by atoms with E-state index in [1.54, 1.807) is 18.3 Å². The number of nitrogens with zero attached hydrogens (tertiary/aromatic N) is 3. The number of rotatable bonds is 7. The summed E-state index contributed by atoms with van der Waals surface area (Å²) in [7, 11) is 0. The summed E-state index contributed by atoms with van der Waals surface area (Å²) < 4.78 is 6.92. The molecule has 0 unspecified atom stereocenters. The Hall–Kier alpha value is -2.41. The monoisotopic (exact) mass is 539 g/mol. The standard InChI is InChI=1S/C28H27Cl2N3O2S/c1-16(34)19-8-10-23-24(15-19)36-28(31-23)33-13-11-17(12-14-33)5-9-20-26(32-35-27(20)18-6-7-18)25-21(29)3-2-4-22(25)30/h2-4,8,10,15,17-18H,5-7,9,11-14H2,1H3. The van der Waals surface area contributed by atoms with E-state index in [2.05, 4.69) is 10.1 Å². The van der Waals surface area contributed by atoms with E-state index in [0.29, 0.717) is 21.9 Å². The first-order valence-electron chi connectivity index (χ1n) is 12.6. The maximum Gasteiger partial charge on any atom is 0.186 e. The van der Waals surface area contributed by atoms with Gasteiger partial charge in [0.1, 0.15) is 11.5 Å². The molecule has 1 aliphatic heterocycles. The minimum Gasteiger partial charge on any atom is -0.360 e. The molecule has 0 atom stereocenters. The number of benzene rings is 2. The highest BCUT2D eigenvalue weighted by molar-refractivity contribution is 7.22. The Morgan fingerprint density at radius 3 is 2.56 bits per heavy atom. The molecule has 5 nitrogen and oxygen atoms in total. The van der Waals surface area contributed by atoms with Gasteiger partial charge in [-0.1, -0.05) is 45.8 Å². The van der Waals surface area contributed by atoms with E-state index in [1.165, 1.54) is 5.56 Å². The molecule has 4 aromatic rings. The molecule has 186 valence electrons. The maximum atomic E-state index is 11.7. The summed E-state index contributed by atoms with van der Waals surface area (Å²) in [6.45, 7) is 3.59. The molecule has 1 saturated heterocycles. The smallest absolute Gasteiger partial charge is 0.186 e. The van der Waals surface area contributed by atoms with E-state index in [9.17, 15) is 4.79 Å². The largest absolute Gasteiger partial charge is 0.360 e. The van der Waals surface area contributed by atoms with E-state index in [4.69, 9.17) is 32.7 Å². The Bertz CT molecular complexity index is 1410. The lowest BCUT2D eigenvalue weighted by Gasteiger charge is -2.31.